The number of benzene rings is 2. The molecule has 0 unspecified atom stereocenters. The van der Waals surface area contributed by atoms with Crippen LogP contribution in [-0.4, -0.2) is 9.55 Å². The highest BCUT2D eigenvalue weighted by Crippen LogP contribution is 2.35. The SMILES string of the molecule is Cc1cc(C=C(C#N)Sc2nc3ccccc3s2)c(C)n1-c1ccccc1Br. The van der Waals surface area contributed by atoms with Crippen molar-refractivity contribution in [1.29, 1.82) is 5.26 Å². The number of nitriles is 1. The monoisotopic (exact) mass is 465 g/mol. The Bertz CT molecular complexity index is 1210. The van der Waals surface area contributed by atoms with Crippen LogP contribution in [0.25, 0.3) is 22.0 Å². The van der Waals surface area contributed by atoms with Crippen LogP contribution in [-0.2, 0) is 0 Å². The van der Waals surface area contributed by atoms with E-state index in [-0.39, 0.29) is 0 Å². The van der Waals surface area contributed by atoms with Crippen molar-refractivity contribution in [2.45, 2.75) is 18.2 Å². The van der Waals surface area contributed by atoms with Crippen LogP contribution >= 0.6 is 39.0 Å². The van der Waals surface area contributed by atoms with Crippen LogP contribution in [0.4, 0.5) is 0 Å². The molecule has 2 aromatic carbocycles. The van der Waals surface area contributed by atoms with Gasteiger partial charge in [0, 0.05) is 15.9 Å². The molecule has 0 aliphatic carbocycles. The number of rotatable bonds is 4. The smallest absolute Gasteiger partial charge is 0.156 e. The van der Waals surface area contributed by atoms with Crippen LogP contribution in [0.3, 0.4) is 0 Å². The Kier molecular flexibility index (Phi) is 5.40. The highest BCUT2D eigenvalue weighted by molar-refractivity contribution is 9.10. The largest absolute Gasteiger partial charge is 0.317 e. The van der Waals surface area contributed by atoms with Crippen molar-refractivity contribution in [3.05, 3.63) is 80.9 Å². The summed E-state index contributed by atoms with van der Waals surface area (Å²) in [7, 11) is 0. The van der Waals surface area contributed by atoms with Gasteiger partial charge in [0.15, 0.2) is 4.34 Å². The van der Waals surface area contributed by atoms with Gasteiger partial charge >= 0.3 is 0 Å². The number of para-hydroxylation sites is 2. The minimum Gasteiger partial charge on any atom is -0.317 e. The molecule has 0 atom stereocenters. The van der Waals surface area contributed by atoms with Crippen LogP contribution in [0.1, 0.15) is 17.0 Å². The molecule has 0 saturated carbocycles. The van der Waals surface area contributed by atoms with E-state index in [1.54, 1.807) is 11.3 Å². The number of hydrogen-bond donors (Lipinski definition) is 0. The molecule has 2 aromatic heterocycles. The number of aryl methyl sites for hydroxylation is 1. The van der Waals surface area contributed by atoms with E-state index in [1.807, 2.05) is 42.5 Å². The Morgan fingerprint density at radius 1 is 1.18 bits per heavy atom. The van der Waals surface area contributed by atoms with Crippen LogP contribution in [0.15, 0.2) is 68.3 Å². The first-order valence-corrected chi connectivity index (χ1v) is 11.1. The van der Waals surface area contributed by atoms with Gasteiger partial charge in [0.05, 0.1) is 20.8 Å². The number of thiazole rings is 1. The van der Waals surface area contributed by atoms with E-state index in [9.17, 15) is 5.26 Å². The normalized spacial score (nSPS) is 11.7. The fourth-order valence-corrected chi connectivity index (χ4v) is 5.58. The number of thioether (sulfide) groups is 1. The Morgan fingerprint density at radius 2 is 1.93 bits per heavy atom. The van der Waals surface area contributed by atoms with Gasteiger partial charge in [-0.05, 0) is 83.5 Å². The predicted molar refractivity (Wildman–Crippen MR) is 122 cm³/mol. The average Bonchev–Trinajstić information content (AvgIpc) is 3.22. The van der Waals surface area contributed by atoms with Gasteiger partial charge in [0.2, 0.25) is 0 Å². The fraction of sp³-hybridized carbons (Fsp3) is 0.0909. The average molecular weight is 466 g/mol. The molecule has 28 heavy (non-hydrogen) atoms. The summed E-state index contributed by atoms with van der Waals surface area (Å²) in [6, 6.07) is 20.6. The first kappa shape index (κ1) is 19.0. The molecule has 6 heteroatoms. The lowest BCUT2D eigenvalue weighted by Gasteiger charge is -2.11. The zero-order valence-electron chi connectivity index (χ0n) is 15.3. The van der Waals surface area contributed by atoms with Crippen LogP contribution in [0.2, 0.25) is 0 Å². The van der Waals surface area contributed by atoms with E-state index in [2.05, 4.69) is 63.6 Å². The van der Waals surface area contributed by atoms with Crippen molar-refractivity contribution in [2.75, 3.05) is 0 Å². The van der Waals surface area contributed by atoms with Gasteiger partial charge in [-0.25, -0.2) is 4.98 Å². The van der Waals surface area contributed by atoms with Gasteiger partial charge in [-0.3, -0.25) is 0 Å². The zero-order valence-corrected chi connectivity index (χ0v) is 18.5. The second-order valence-electron chi connectivity index (χ2n) is 6.28. The van der Waals surface area contributed by atoms with E-state index < -0.39 is 0 Å². The molecular weight excluding hydrogens is 450 g/mol. The lowest BCUT2D eigenvalue weighted by molar-refractivity contribution is 0.959. The molecule has 4 rings (SSSR count). The molecule has 138 valence electrons. The van der Waals surface area contributed by atoms with E-state index >= 15 is 0 Å². The topological polar surface area (TPSA) is 41.6 Å². The summed E-state index contributed by atoms with van der Waals surface area (Å²) >= 11 is 6.67. The molecule has 2 heterocycles. The summed E-state index contributed by atoms with van der Waals surface area (Å²) < 4.78 is 5.26. The third kappa shape index (κ3) is 3.66. The molecule has 0 amide bonds. The minimum absolute atomic E-state index is 0.631. The first-order valence-electron chi connectivity index (χ1n) is 8.66. The summed E-state index contributed by atoms with van der Waals surface area (Å²) in [4.78, 5) is 5.26. The van der Waals surface area contributed by atoms with Crippen LogP contribution < -0.4 is 0 Å². The first-order chi connectivity index (χ1) is 13.6. The van der Waals surface area contributed by atoms with Crippen LogP contribution in [0, 0.1) is 25.2 Å². The molecule has 3 nitrogen and oxygen atoms in total. The lowest BCUT2D eigenvalue weighted by atomic mass is 10.2. The zero-order chi connectivity index (χ0) is 19.7. The van der Waals surface area contributed by atoms with Gasteiger partial charge in [0.25, 0.3) is 0 Å². The van der Waals surface area contributed by atoms with Gasteiger partial charge in [-0.1, -0.05) is 24.3 Å². The molecule has 0 aliphatic heterocycles. The lowest BCUT2D eigenvalue weighted by Crippen LogP contribution is -1.99. The Hall–Kier alpha value is -2.33. The van der Waals surface area contributed by atoms with E-state index in [4.69, 9.17) is 0 Å². The molecule has 0 fully saturated rings. The fourth-order valence-electron chi connectivity index (χ4n) is 3.15. The molecule has 0 saturated heterocycles. The van der Waals surface area contributed by atoms with Crippen molar-refractivity contribution in [3.63, 3.8) is 0 Å². The highest BCUT2D eigenvalue weighted by Gasteiger charge is 2.13. The van der Waals surface area contributed by atoms with Crippen molar-refractivity contribution in [1.82, 2.24) is 9.55 Å². The maximum Gasteiger partial charge on any atom is 0.156 e. The second-order valence-corrected chi connectivity index (χ2v) is 9.46. The summed E-state index contributed by atoms with van der Waals surface area (Å²) in [5.41, 5.74) is 5.33. The maximum atomic E-state index is 9.68. The summed E-state index contributed by atoms with van der Waals surface area (Å²) in [6.45, 7) is 4.16. The number of allylic oxidation sites excluding steroid dienone is 1. The standard InChI is InChI=1S/C22H16BrN3S2/c1-14-11-16(15(2)26(14)20-9-5-3-7-18(20)23)12-17(13-24)27-22-25-19-8-4-6-10-21(19)28-22/h3-12H,1-2H3. The second kappa shape index (κ2) is 7.96. The summed E-state index contributed by atoms with van der Waals surface area (Å²) in [6.07, 6.45) is 1.95. The van der Waals surface area contributed by atoms with Crippen molar-refractivity contribution in [3.8, 4) is 11.8 Å². The van der Waals surface area contributed by atoms with Gasteiger partial charge in [0.1, 0.15) is 6.07 Å². The number of fused-ring (bicyclic) bond motifs is 1. The highest BCUT2D eigenvalue weighted by atomic mass is 79.9. The molecule has 0 N–H and O–H groups in total. The van der Waals surface area contributed by atoms with Crippen molar-refractivity contribution < 1.29 is 0 Å². The number of halogens is 1. The van der Waals surface area contributed by atoms with E-state index in [0.29, 0.717) is 4.91 Å². The predicted octanol–water partition coefficient (Wildman–Crippen LogP) is 7.12. The summed E-state index contributed by atoms with van der Waals surface area (Å²) in [5, 5.41) is 9.68. The summed E-state index contributed by atoms with van der Waals surface area (Å²) in [5.74, 6) is 0. The van der Waals surface area contributed by atoms with E-state index in [1.165, 1.54) is 11.8 Å². The molecule has 0 bridgehead atoms. The number of aromatic nitrogens is 2. The quantitative estimate of drug-likeness (QED) is 0.237. The Balaban J connectivity index is 1.70. The third-order valence-electron chi connectivity index (χ3n) is 4.43. The molecule has 4 aromatic rings. The number of hydrogen-bond acceptors (Lipinski definition) is 4. The maximum absolute atomic E-state index is 9.68. The molecular formula is C22H16BrN3S2. The number of nitrogens with zero attached hydrogens (tertiary/aromatic N) is 3. The molecule has 0 spiro atoms. The Labute approximate surface area is 180 Å². The van der Waals surface area contributed by atoms with Crippen molar-refractivity contribution >= 4 is 55.3 Å². The Morgan fingerprint density at radius 3 is 2.68 bits per heavy atom. The van der Waals surface area contributed by atoms with E-state index in [0.717, 1.165) is 41.7 Å². The minimum atomic E-state index is 0.631. The third-order valence-corrected chi connectivity index (χ3v) is 7.13. The molecule has 0 radical (unpaired) electrons. The van der Waals surface area contributed by atoms with Gasteiger partial charge in [-0.2, -0.15) is 5.26 Å². The van der Waals surface area contributed by atoms with Gasteiger partial charge in [-0.15, -0.1) is 11.3 Å². The van der Waals surface area contributed by atoms with Gasteiger partial charge < -0.3 is 4.57 Å². The van der Waals surface area contributed by atoms with Crippen molar-refractivity contribution in [2.24, 2.45) is 0 Å². The van der Waals surface area contributed by atoms with Crippen LogP contribution in [0.5, 0.6) is 0 Å². The molecule has 0 aliphatic rings.